The van der Waals surface area contributed by atoms with Crippen LogP contribution >= 0.6 is 15.9 Å². The second kappa shape index (κ2) is 5.47. The van der Waals surface area contributed by atoms with Gasteiger partial charge in [0.15, 0.2) is 0 Å². The van der Waals surface area contributed by atoms with Crippen molar-refractivity contribution in [3.05, 3.63) is 33.5 Å². The molecular weight excluding hydrogens is 245 g/mol. The number of hydrogen-bond acceptors (Lipinski definition) is 1. The summed E-state index contributed by atoms with van der Waals surface area (Å²) in [5, 5.41) is 0. The smallest absolute Gasteiger partial charge is 0.123 e. The number of benzene rings is 1. The van der Waals surface area contributed by atoms with E-state index in [1.54, 1.807) is 6.07 Å². The molecule has 0 N–H and O–H groups in total. The molecule has 0 saturated carbocycles. The predicted octanol–water partition coefficient (Wildman–Crippen LogP) is 3.59. The molecule has 1 nitrogen and oxygen atoms in total. The van der Waals surface area contributed by atoms with E-state index < -0.39 is 0 Å². The van der Waals surface area contributed by atoms with Gasteiger partial charge in [0, 0.05) is 11.0 Å². The van der Waals surface area contributed by atoms with Crippen molar-refractivity contribution >= 4 is 15.9 Å². The van der Waals surface area contributed by atoms with E-state index in [9.17, 15) is 4.39 Å². The van der Waals surface area contributed by atoms with Crippen molar-refractivity contribution in [3.63, 3.8) is 0 Å². The normalized spacial score (nSPS) is 10.1. The van der Waals surface area contributed by atoms with Crippen LogP contribution < -0.4 is 0 Å². The van der Waals surface area contributed by atoms with E-state index in [1.807, 2.05) is 25.9 Å². The van der Waals surface area contributed by atoms with Crippen LogP contribution in [0.15, 0.2) is 16.6 Å². The van der Waals surface area contributed by atoms with Gasteiger partial charge in [-0.25, -0.2) is 4.39 Å². The molecule has 0 fully saturated rings. The van der Waals surface area contributed by atoms with Gasteiger partial charge in [0.25, 0.3) is 0 Å². The lowest BCUT2D eigenvalue weighted by atomic mass is 10.1. The van der Waals surface area contributed by atoms with E-state index in [0.717, 1.165) is 22.1 Å². The third-order valence-electron chi connectivity index (χ3n) is 1.78. The second-order valence-corrected chi connectivity index (χ2v) is 4.23. The van der Waals surface area contributed by atoms with Gasteiger partial charge in [-0.05, 0) is 44.3 Å². The average molecular weight is 262 g/mol. The molecular formula is C11H17BrFN. The zero-order valence-corrected chi connectivity index (χ0v) is 9.65. The molecule has 0 aliphatic heterocycles. The molecule has 0 unspecified atom stereocenters. The third-order valence-corrected chi connectivity index (χ3v) is 2.92. The number of halogens is 2. The van der Waals surface area contributed by atoms with Gasteiger partial charge < -0.3 is 4.90 Å². The minimum absolute atomic E-state index is 0. The second-order valence-electron chi connectivity index (χ2n) is 3.43. The lowest BCUT2D eigenvalue weighted by Crippen LogP contribution is -2.11. The van der Waals surface area contributed by atoms with Crippen molar-refractivity contribution in [2.24, 2.45) is 0 Å². The average Bonchev–Trinajstić information content (AvgIpc) is 1.98. The van der Waals surface area contributed by atoms with Gasteiger partial charge in [0.1, 0.15) is 5.82 Å². The Balaban J connectivity index is 0.00000169. The Bertz CT molecular complexity index is 310. The van der Waals surface area contributed by atoms with Gasteiger partial charge in [-0.15, -0.1) is 0 Å². The van der Waals surface area contributed by atoms with E-state index in [1.165, 1.54) is 6.07 Å². The summed E-state index contributed by atoms with van der Waals surface area (Å²) in [6.45, 7) is 2.64. The molecule has 0 saturated heterocycles. The first kappa shape index (κ1) is 13.6. The van der Waals surface area contributed by atoms with E-state index in [2.05, 4.69) is 15.9 Å². The van der Waals surface area contributed by atoms with Crippen LogP contribution in [0.3, 0.4) is 0 Å². The molecule has 0 aliphatic rings. The molecule has 3 heteroatoms. The molecule has 0 aliphatic carbocycles. The van der Waals surface area contributed by atoms with Crippen molar-refractivity contribution in [2.75, 3.05) is 14.1 Å². The van der Waals surface area contributed by atoms with E-state index in [-0.39, 0.29) is 13.2 Å². The fraction of sp³-hybridized carbons (Fsp3) is 0.455. The molecule has 1 aromatic carbocycles. The summed E-state index contributed by atoms with van der Waals surface area (Å²) < 4.78 is 14.0. The van der Waals surface area contributed by atoms with Crippen LogP contribution in [0.1, 0.15) is 18.6 Å². The Kier molecular flexibility index (Phi) is 5.31. The SMILES string of the molecule is C.Cc1cc(F)cc(CN(C)C)c1Br. The zero-order valence-electron chi connectivity index (χ0n) is 8.06. The Morgan fingerprint density at radius 1 is 1.36 bits per heavy atom. The van der Waals surface area contributed by atoms with Crippen LogP contribution in [-0.4, -0.2) is 19.0 Å². The lowest BCUT2D eigenvalue weighted by molar-refractivity contribution is 0.400. The van der Waals surface area contributed by atoms with Crippen LogP contribution in [0.5, 0.6) is 0 Å². The van der Waals surface area contributed by atoms with Crippen molar-refractivity contribution in [1.82, 2.24) is 4.90 Å². The highest BCUT2D eigenvalue weighted by atomic mass is 79.9. The largest absolute Gasteiger partial charge is 0.305 e. The number of hydrogen-bond donors (Lipinski definition) is 0. The standard InChI is InChI=1S/C10H13BrFN.CH4/c1-7-4-9(12)5-8(10(7)11)6-13(2)3;/h4-5H,6H2,1-3H3;1H4. The van der Waals surface area contributed by atoms with Gasteiger partial charge in [0.05, 0.1) is 0 Å². The highest BCUT2D eigenvalue weighted by Gasteiger charge is 2.06. The molecule has 0 aromatic heterocycles. The van der Waals surface area contributed by atoms with Crippen molar-refractivity contribution < 1.29 is 4.39 Å². The van der Waals surface area contributed by atoms with E-state index >= 15 is 0 Å². The fourth-order valence-electron chi connectivity index (χ4n) is 1.25. The summed E-state index contributed by atoms with van der Waals surface area (Å²) in [4.78, 5) is 2.01. The highest BCUT2D eigenvalue weighted by Crippen LogP contribution is 2.23. The minimum atomic E-state index is -0.169. The monoisotopic (exact) mass is 261 g/mol. The third kappa shape index (κ3) is 3.39. The summed E-state index contributed by atoms with van der Waals surface area (Å²) in [6, 6.07) is 3.10. The Morgan fingerprint density at radius 3 is 2.43 bits per heavy atom. The van der Waals surface area contributed by atoms with E-state index in [4.69, 9.17) is 0 Å². The van der Waals surface area contributed by atoms with Crippen LogP contribution in [-0.2, 0) is 6.54 Å². The maximum absolute atomic E-state index is 13.0. The molecule has 0 bridgehead atoms. The lowest BCUT2D eigenvalue weighted by Gasteiger charge is -2.12. The molecule has 1 rings (SSSR count). The molecule has 14 heavy (non-hydrogen) atoms. The van der Waals surface area contributed by atoms with Gasteiger partial charge in [-0.1, -0.05) is 23.4 Å². The van der Waals surface area contributed by atoms with Crippen molar-refractivity contribution in [1.29, 1.82) is 0 Å². The first-order valence-electron chi connectivity index (χ1n) is 4.10. The molecule has 0 spiro atoms. The van der Waals surface area contributed by atoms with Crippen LogP contribution in [0, 0.1) is 12.7 Å². The molecule has 0 heterocycles. The van der Waals surface area contributed by atoms with Crippen LogP contribution in [0.25, 0.3) is 0 Å². The van der Waals surface area contributed by atoms with Crippen molar-refractivity contribution in [2.45, 2.75) is 20.9 Å². The molecule has 80 valence electrons. The molecule has 0 amide bonds. The van der Waals surface area contributed by atoms with Gasteiger partial charge in [-0.2, -0.15) is 0 Å². The van der Waals surface area contributed by atoms with Gasteiger partial charge in [0.2, 0.25) is 0 Å². The van der Waals surface area contributed by atoms with Crippen molar-refractivity contribution in [3.8, 4) is 0 Å². The minimum Gasteiger partial charge on any atom is -0.305 e. The highest BCUT2D eigenvalue weighted by molar-refractivity contribution is 9.10. The summed E-state index contributed by atoms with van der Waals surface area (Å²) in [6.07, 6.45) is 0. The molecule has 0 radical (unpaired) electrons. The Hall–Kier alpha value is -0.410. The number of nitrogens with zero attached hydrogens (tertiary/aromatic N) is 1. The van der Waals surface area contributed by atoms with E-state index in [0.29, 0.717) is 0 Å². The Morgan fingerprint density at radius 2 is 1.93 bits per heavy atom. The van der Waals surface area contributed by atoms with Gasteiger partial charge >= 0.3 is 0 Å². The summed E-state index contributed by atoms with van der Waals surface area (Å²) in [5.74, 6) is -0.169. The van der Waals surface area contributed by atoms with Crippen LogP contribution in [0.2, 0.25) is 0 Å². The quantitative estimate of drug-likeness (QED) is 0.787. The first-order chi connectivity index (χ1) is 6.00. The maximum atomic E-state index is 13.0. The predicted molar refractivity (Wildman–Crippen MR) is 63.0 cm³/mol. The summed E-state index contributed by atoms with van der Waals surface area (Å²) >= 11 is 3.45. The molecule has 1 aromatic rings. The number of aryl methyl sites for hydroxylation is 1. The van der Waals surface area contributed by atoms with Crippen LogP contribution in [0.4, 0.5) is 4.39 Å². The summed E-state index contributed by atoms with van der Waals surface area (Å²) in [7, 11) is 3.93. The number of rotatable bonds is 2. The summed E-state index contributed by atoms with van der Waals surface area (Å²) in [5.41, 5.74) is 1.93. The topological polar surface area (TPSA) is 3.24 Å². The zero-order chi connectivity index (χ0) is 10.0. The molecule has 0 atom stereocenters. The Labute approximate surface area is 94.1 Å². The van der Waals surface area contributed by atoms with Gasteiger partial charge in [-0.3, -0.25) is 0 Å². The first-order valence-corrected chi connectivity index (χ1v) is 4.89. The maximum Gasteiger partial charge on any atom is 0.123 e. The fourth-order valence-corrected chi connectivity index (χ4v) is 1.60.